The van der Waals surface area contributed by atoms with Crippen LogP contribution in [-0.2, 0) is 7.05 Å². The lowest BCUT2D eigenvalue weighted by Gasteiger charge is -2.07. The van der Waals surface area contributed by atoms with Gasteiger partial charge >= 0.3 is 0 Å². The number of carbonyl (C=O) groups is 1. The highest BCUT2D eigenvalue weighted by molar-refractivity contribution is 9.10. The van der Waals surface area contributed by atoms with E-state index in [2.05, 4.69) is 26.2 Å². The molecule has 1 amide bonds. The van der Waals surface area contributed by atoms with Crippen molar-refractivity contribution < 1.29 is 4.79 Å². The maximum atomic E-state index is 12.1. The minimum atomic E-state index is -0.225. The van der Waals surface area contributed by atoms with Crippen LogP contribution in [0.15, 0.2) is 29.0 Å². The third kappa shape index (κ3) is 2.73. The fourth-order valence-corrected chi connectivity index (χ4v) is 2.25. The summed E-state index contributed by atoms with van der Waals surface area (Å²) in [5.41, 5.74) is 1.99. The number of aromatic nitrogens is 2. The number of pyridine rings is 1. The van der Waals surface area contributed by atoms with Gasteiger partial charge < -0.3 is 9.88 Å². The number of hydrogen-bond acceptors (Lipinski definition) is 2. The second-order valence-electron chi connectivity index (χ2n) is 3.96. The van der Waals surface area contributed by atoms with Gasteiger partial charge in [0.25, 0.3) is 5.91 Å². The minimum Gasteiger partial charge on any atom is -0.345 e. The van der Waals surface area contributed by atoms with E-state index in [0.29, 0.717) is 11.4 Å². The fraction of sp³-hybridized carbons (Fsp3) is 0.167. The molecule has 0 fully saturated rings. The van der Waals surface area contributed by atoms with Crippen molar-refractivity contribution in [1.29, 1.82) is 0 Å². The molecule has 18 heavy (non-hydrogen) atoms. The number of amides is 1. The minimum absolute atomic E-state index is 0.225. The van der Waals surface area contributed by atoms with Crippen LogP contribution in [0.2, 0.25) is 5.15 Å². The first-order valence-corrected chi connectivity index (χ1v) is 6.40. The summed E-state index contributed by atoms with van der Waals surface area (Å²) in [7, 11) is 1.80. The lowest BCUT2D eigenvalue weighted by molar-refractivity contribution is 0.101. The van der Waals surface area contributed by atoms with Crippen molar-refractivity contribution in [3.63, 3.8) is 0 Å². The van der Waals surface area contributed by atoms with Crippen LogP contribution in [0.5, 0.6) is 0 Å². The predicted octanol–water partition coefficient (Wildman–Crippen LogP) is 3.40. The molecule has 1 N–H and O–H groups in total. The van der Waals surface area contributed by atoms with Gasteiger partial charge in [-0.15, -0.1) is 0 Å². The Balaban J connectivity index is 2.26. The van der Waals surface area contributed by atoms with Crippen molar-refractivity contribution in [1.82, 2.24) is 9.55 Å². The number of carbonyl (C=O) groups excluding carboxylic acids is 1. The van der Waals surface area contributed by atoms with E-state index in [1.165, 1.54) is 0 Å². The number of rotatable bonds is 2. The zero-order valence-corrected chi connectivity index (χ0v) is 12.2. The summed E-state index contributed by atoms with van der Waals surface area (Å²) in [6.45, 7) is 1.89. The molecule has 0 saturated heterocycles. The molecule has 0 spiro atoms. The largest absolute Gasteiger partial charge is 0.345 e. The second kappa shape index (κ2) is 5.12. The first-order valence-electron chi connectivity index (χ1n) is 5.22. The van der Waals surface area contributed by atoms with Crippen LogP contribution in [0, 0.1) is 6.92 Å². The molecule has 0 atom stereocenters. The van der Waals surface area contributed by atoms with Crippen LogP contribution < -0.4 is 5.32 Å². The Morgan fingerprint density at radius 2 is 2.22 bits per heavy atom. The van der Waals surface area contributed by atoms with Crippen molar-refractivity contribution in [3.8, 4) is 0 Å². The highest BCUT2D eigenvalue weighted by Crippen LogP contribution is 2.21. The smallest absolute Gasteiger partial charge is 0.272 e. The number of halogens is 2. The summed E-state index contributed by atoms with van der Waals surface area (Å²) in [5, 5.41) is 3.03. The first kappa shape index (κ1) is 13.1. The molecule has 2 aromatic rings. The molecular formula is C12H11BrClN3O. The zero-order valence-electron chi connectivity index (χ0n) is 9.87. The Kier molecular flexibility index (Phi) is 3.73. The Morgan fingerprint density at radius 3 is 2.83 bits per heavy atom. The fourth-order valence-electron chi connectivity index (χ4n) is 1.58. The van der Waals surface area contributed by atoms with Gasteiger partial charge in [-0.05, 0) is 40.5 Å². The molecule has 0 aliphatic rings. The molecule has 94 valence electrons. The van der Waals surface area contributed by atoms with Crippen molar-refractivity contribution >= 4 is 39.1 Å². The van der Waals surface area contributed by atoms with E-state index in [1.54, 1.807) is 29.9 Å². The van der Waals surface area contributed by atoms with Crippen LogP contribution in [0.3, 0.4) is 0 Å². The molecule has 0 aliphatic heterocycles. The number of aryl methyl sites for hydroxylation is 2. The molecular weight excluding hydrogens is 318 g/mol. The van der Waals surface area contributed by atoms with Gasteiger partial charge in [-0.1, -0.05) is 11.6 Å². The summed E-state index contributed by atoms with van der Waals surface area (Å²) in [6, 6.07) is 3.53. The predicted molar refractivity (Wildman–Crippen MR) is 75.1 cm³/mol. The summed E-state index contributed by atoms with van der Waals surface area (Å²) in [6.07, 6.45) is 3.46. The molecule has 0 aliphatic carbocycles. The number of nitrogens with one attached hydrogen (secondary N) is 1. The van der Waals surface area contributed by atoms with Gasteiger partial charge in [0.15, 0.2) is 5.15 Å². The molecule has 2 aromatic heterocycles. The SMILES string of the molecule is Cc1cnc(Cl)c(NC(=O)c2cc(Br)cn2C)c1. The molecule has 6 heteroatoms. The average Bonchev–Trinajstić information content (AvgIpc) is 2.63. The van der Waals surface area contributed by atoms with E-state index in [-0.39, 0.29) is 11.1 Å². The van der Waals surface area contributed by atoms with Crippen molar-refractivity contribution in [2.45, 2.75) is 6.92 Å². The first-order chi connectivity index (χ1) is 8.47. The molecule has 0 saturated carbocycles. The summed E-state index contributed by atoms with van der Waals surface area (Å²) >= 11 is 9.25. The summed E-state index contributed by atoms with van der Waals surface area (Å²) in [4.78, 5) is 16.1. The maximum Gasteiger partial charge on any atom is 0.272 e. The van der Waals surface area contributed by atoms with Crippen molar-refractivity contribution in [3.05, 3.63) is 45.4 Å². The van der Waals surface area contributed by atoms with Crippen molar-refractivity contribution in [2.24, 2.45) is 7.05 Å². The molecule has 0 radical (unpaired) electrons. The Labute approximate surface area is 118 Å². The summed E-state index contributed by atoms with van der Waals surface area (Å²) < 4.78 is 2.58. The van der Waals surface area contributed by atoms with E-state index in [9.17, 15) is 4.79 Å². The van der Waals surface area contributed by atoms with Crippen LogP contribution in [0.25, 0.3) is 0 Å². The topological polar surface area (TPSA) is 46.9 Å². The average molecular weight is 329 g/mol. The Hall–Kier alpha value is -1.33. The van der Waals surface area contributed by atoms with Gasteiger partial charge in [-0.25, -0.2) is 4.98 Å². The molecule has 0 unspecified atom stereocenters. The normalized spacial score (nSPS) is 10.4. The molecule has 2 heterocycles. The van der Waals surface area contributed by atoms with Gasteiger partial charge in [-0.2, -0.15) is 0 Å². The third-order valence-electron chi connectivity index (χ3n) is 2.43. The highest BCUT2D eigenvalue weighted by Gasteiger charge is 2.13. The Morgan fingerprint density at radius 1 is 1.50 bits per heavy atom. The summed E-state index contributed by atoms with van der Waals surface area (Å²) in [5.74, 6) is -0.225. The van der Waals surface area contributed by atoms with Crippen LogP contribution in [0.4, 0.5) is 5.69 Å². The van der Waals surface area contributed by atoms with E-state index in [1.807, 2.05) is 13.1 Å². The van der Waals surface area contributed by atoms with Gasteiger partial charge in [0.2, 0.25) is 0 Å². The Bertz CT molecular complexity index is 609. The van der Waals surface area contributed by atoms with Crippen molar-refractivity contribution in [2.75, 3.05) is 5.32 Å². The quantitative estimate of drug-likeness (QED) is 0.859. The number of hydrogen-bond donors (Lipinski definition) is 1. The second-order valence-corrected chi connectivity index (χ2v) is 5.23. The van der Waals surface area contributed by atoms with Crippen LogP contribution >= 0.6 is 27.5 Å². The lowest BCUT2D eigenvalue weighted by Crippen LogP contribution is -2.15. The standard InChI is InChI=1S/C12H11BrClN3O/c1-7-3-9(11(14)15-5-7)16-12(18)10-4-8(13)6-17(10)2/h3-6H,1-2H3,(H,16,18). The molecule has 4 nitrogen and oxygen atoms in total. The highest BCUT2D eigenvalue weighted by atomic mass is 79.9. The monoisotopic (exact) mass is 327 g/mol. The van der Waals surface area contributed by atoms with Gasteiger partial charge in [0.1, 0.15) is 5.69 Å². The third-order valence-corrected chi connectivity index (χ3v) is 3.16. The van der Waals surface area contributed by atoms with E-state index >= 15 is 0 Å². The molecule has 2 rings (SSSR count). The van der Waals surface area contributed by atoms with E-state index in [0.717, 1.165) is 10.0 Å². The zero-order chi connectivity index (χ0) is 13.3. The number of anilines is 1. The molecule has 0 bridgehead atoms. The van der Waals surface area contributed by atoms with Gasteiger partial charge in [-0.3, -0.25) is 4.79 Å². The molecule has 0 aromatic carbocycles. The van der Waals surface area contributed by atoms with E-state index in [4.69, 9.17) is 11.6 Å². The maximum absolute atomic E-state index is 12.1. The van der Waals surface area contributed by atoms with E-state index < -0.39 is 0 Å². The van der Waals surface area contributed by atoms with Crippen LogP contribution in [-0.4, -0.2) is 15.5 Å². The van der Waals surface area contributed by atoms with Gasteiger partial charge in [0, 0.05) is 23.9 Å². The lowest BCUT2D eigenvalue weighted by atomic mass is 10.3. The van der Waals surface area contributed by atoms with Crippen LogP contribution in [0.1, 0.15) is 16.1 Å². The van der Waals surface area contributed by atoms with Gasteiger partial charge in [0.05, 0.1) is 5.69 Å². The number of nitrogens with zero attached hydrogens (tertiary/aromatic N) is 2.